The van der Waals surface area contributed by atoms with E-state index in [-0.39, 0.29) is 18.8 Å². The van der Waals surface area contributed by atoms with Gasteiger partial charge in [-0.25, -0.2) is 9.59 Å². The van der Waals surface area contributed by atoms with Crippen LogP contribution in [-0.2, 0) is 16.1 Å². The standard InChI is InChI=1S/C33H34IN5O8/c1-5-45-26-14-21(30-29(32(41)44-4)19(2)37-33(42)38-30)10-11-25(26)46-18-28(40)39-36-16-20-12-24(34)31(27(13-20)43-3)47-17-23-9-7-6-8-22(23)15-35/h6-14,16,28,30,39-40H,5,17-18H2,1-4H3,(H2,37,38,42)/b36-16-/t28-,30-/m0/s1. The van der Waals surface area contributed by atoms with E-state index in [9.17, 15) is 20.0 Å². The zero-order valence-electron chi connectivity index (χ0n) is 26.1. The van der Waals surface area contributed by atoms with Crippen LogP contribution in [0.4, 0.5) is 4.79 Å². The van der Waals surface area contributed by atoms with Gasteiger partial charge in [0, 0.05) is 11.3 Å². The summed E-state index contributed by atoms with van der Waals surface area (Å²) in [7, 11) is 2.80. The number of hydrazone groups is 1. The minimum atomic E-state index is -1.18. The summed E-state index contributed by atoms with van der Waals surface area (Å²) in [5.74, 6) is 1.13. The van der Waals surface area contributed by atoms with Gasteiger partial charge in [-0.05, 0) is 77.9 Å². The third-order valence-electron chi connectivity index (χ3n) is 6.87. The van der Waals surface area contributed by atoms with Gasteiger partial charge in [0.15, 0.2) is 29.2 Å². The lowest BCUT2D eigenvalue weighted by Crippen LogP contribution is -2.45. The molecule has 0 saturated carbocycles. The van der Waals surface area contributed by atoms with Crippen molar-refractivity contribution in [1.82, 2.24) is 16.1 Å². The molecule has 1 aliphatic heterocycles. The fraction of sp³-hybridized carbons (Fsp3) is 0.273. The van der Waals surface area contributed by atoms with E-state index in [1.165, 1.54) is 20.4 Å². The predicted octanol–water partition coefficient (Wildman–Crippen LogP) is 4.27. The van der Waals surface area contributed by atoms with E-state index in [4.69, 9.17) is 23.7 Å². The van der Waals surface area contributed by atoms with Gasteiger partial charge in [-0.15, -0.1) is 0 Å². The van der Waals surface area contributed by atoms with Crippen LogP contribution in [0, 0.1) is 14.9 Å². The predicted molar refractivity (Wildman–Crippen MR) is 180 cm³/mol. The molecule has 47 heavy (non-hydrogen) atoms. The number of ether oxygens (including phenoxy) is 5. The number of esters is 1. The third-order valence-corrected chi connectivity index (χ3v) is 7.67. The molecule has 1 heterocycles. The van der Waals surface area contributed by atoms with Crippen molar-refractivity contribution in [2.45, 2.75) is 32.7 Å². The van der Waals surface area contributed by atoms with Crippen LogP contribution in [-0.4, -0.2) is 57.0 Å². The van der Waals surface area contributed by atoms with Gasteiger partial charge < -0.3 is 39.4 Å². The monoisotopic (exact) mass is 755 g/mol. The maximum atomic E-state index is 12.5. The van der Waals surface area contributed by atoms with Gasteiger partial charge in [0.1, 0.15) is 13.2 Å². The number of methoxy groups -OCH3 is 2. The van der Waals surface area contributed by atoms with Crippen molar-refractivity contribution in [2.24, 2.45) is 5.10 Å². The molecule has 14 heteroatoms. The van der Waals surface area contributed by atoms with Crippen LogP contribution in [0.5, 0.6) is 23.0 Å². The van der Waals surface area contributed by atoms with Crippen molar-refractivity contribution in [2.75, 3.05) is 27.4 Å². The number of hydrogen-bond donors (Lipinski definition) is 4. The van der Waals surface area contributed by atoms with E-state index >= 15 is 0 Å². The first kappa shape index (κ1) is 34.9. The normalized spacial score (nSPS) is 14.8. The third kappa shape index (κ3) is 8.83. The first-order chi connectivity index (χ1) is 22.7. The Bertz CT molecular complexity index is 1720. The average Bonchev–Trinajstić information content (AvgIpc) is 3.06. The second-order valence-corrected chi connectivity index (χ2v) is 11.2. The number of hydrogen-bond acceptors (Lipinski definition) is 11. The summed E-state index contributed by atoms with van der Waals surface area (Å²) in [6, 6.07) is 16.7. The minimum absolute atomic E-state index is 0.176. The number of aliphatic hydroxyl groups excluding tert-OH is 1. The van der Waals surface area contributed by atoms with Gasteiger partial charge in [-0.1, -0.05) is 24.3 Å². The molecule has 0 aliphatic carbocycles. The molecule has 13 nitrogen and oxygen atoms in total. The van der Waals surface area contributed by atoms with Crippen LogP contribution in [0.3, 0.4) is 0 Å². The maximum Gasteiger partial charge on any atom is 0.337 e. The molecule has 3 aromatic carbocycles. The van der Waals surface area contributed by atoms with Crippen molar-refractivity contribution in [1.29, 1.82) is 5.26 Å². The van der Waals surface area contributed by atoms with E-state index < -0.39 is 24.3 Å². The van der Waals surface area contributed by atoms with E-state index in [2.05, 4.69) is 49.8 Å². The fourth-order valence-electron chi connectivity index (χ4n) is 4.68. The number of rotatable bonds is 14. The number of allylic oxidation sites excluding steroid dienone is 1. The molecule has 0 aromatic heterocycles. The SMILES string of the molecule is CCOc1cc([C@@H]2NC(=O)NC(C)=C2C(=O)OC)ccc1OC[C@H](O)N/N=C\c1cc(I)c(OCc2ccccc2C#N)c(OC)c1. The van der Waals surface area contributed by atoms with Gasteiger partial charge in [-0.2, -0.15) is 10.4 Å². The molecular formula is C33H34IN5O8. The zero-order chi connectivity index (χ0) is 33.9. The summed E-state index contributed by atoms with van der Waals surface area (Å²) < 4.78 is 28.8. The molecule has 0 fully saturated rings. The Morgan fingerprint density at radius 3 is 2.64 bits per heavy atom. The Morgan fingerprint density at radius 1 is 1.13 bits per heavy atom. The Morgan fingerprint density at radius 2 is 1.91 bits per heavy atom. The summed E-state index contributed by atoms with van der Waals surface area (Å²) in [6.07, 6.45) is 0.342. The topological polar surface area (TPSA) is 173 Å². The Hall–Kier alpha value is -5.01. The Balaban J connectivity index is 1.39. The second-order valence-electron chi connectivity index (χ2n) is 10.0. The number of aliphatic hydroxyl groups is 1. The lowest BCUT2D eigenvalue weighted by Gasteiger charge is -2.28. The van der Waals surface area contributed by atoms with Crippen LogP contribution in [0.25, 0.3) is 0 Å². The van der Waals surface area contributed by atoms with Gasteiger partial charge in [-0.3, -0.25) is 5.43 Å². The van der Waals surface area contributed by atoms with Crippen LogP contribution in [0.2, 0.25) is 0 Å². The number of benzene rings is 3. The quantitative estimate of drug-likeness (QED) is 0.0612. The summed E-state index contributed by atoms with van der Waals surface area (Å²) in [6.45, 7) is 3.77. The van der Waals surface area contributed by atoms with Gasteiger partial charge >= 0.3 is 12.0 Å². The highest BCUT2D eigenvalue weighted by Crippen LogP contribution is 2.36. The van der Waals surface area contributed by atoms with Gasteiger partial charge in [0.2, 0.25) is 0 Å². The number of carbonyl (C=O) groups is 2. The van der Waals surface area contributed by atoms with Crippen molar-refractivity contribution in [3.8, 4) is 29.1 Å². The van der Waals surface area contributed by atoms with E-state index in [1.54, 1.807) is 50.2 Å². The zero-order valence-corrected chi connectivity index (χ0v) is 28.3. The number of carbonyl (C=O) groups excluding carboxylic acids is 2. The molecule has 3 aromatic rings. The van der Waals surface area contributed by atoms with Crippen LogP contribution < -0.4 is 35.0 Å². The van der Waals surface area contributed by atoms with Crippen molar-refractivity contribution < 1.29 is 38.4 Å². The van der Waals surface area contributed by atoms with Crippen LogP contribution in [0.15, 0.2) is 71.0 Å². The molecule has 246 valence electrons. The van der Waals surface area contributed by atoms with E-state index in [0.29, 0.717) is 52.0 Å². The van der Waals surface area contributed by atoms with Gasteiger partial charge in [0.25, 0.3) is 0 Å². The smallest absolute Gasteiger partial charge is 0.337 e. The molecule has 0 spiro atoms. The largest absolute Gasteiger partial charge is 0.493 e. The summed E-state index contributed by atoms with van der Waals surface area (Å²) in [5, 5.41) is 29.3. The molecule has 2 amide bonds. The minimum Gasteiger partial charge on any atom is -0.493 e. The molecular weight excluding hydrogens is 721 g/mol. The molecule has 4 rings (SSSR count). The highest BCUT2D eigenvalue weighted by Gasteiger charge is 2.32. The first-order valence-corrected chi connectivity index (χ1v) is 15.5. The molecule has 0 saturated heterocycles. The molecule has 2 atom stereocenters. The summed E-state index contributed by atoms with van der Waals surface area (Å²) in [4.78, 5) is 24.6. The maximum absolute atomic E-state index is 12.5. The molecule has 0 radical (unpaired) electrons. The van der Waals surface area contributed by atoms with Gasteiger partial charge in [0.05, 0.1) is 53.9 Å². The highest BCUT2D eigenvalue weighted by atomic mass is 127. The number of nitriles is 1. The highest BCUT2D eigenvalue weighted by molar-refractivity contribution is 14.1. The molecule has 4 N–H and O–H groups in total. The van der Waals surface area contributed by atoms with E-state index in [1.807, 2.05) is 18.2 Å². The average molecular weight is 756 g/mol. The second kappa shape index (κ2) is 16.5. The first-order valence-electron chi connectivity index (χ1n) is 14.4. The Labute approximate surface area is 285 Å². The van der Waals surface area contributed by atoms with Crippen LogP contribution >= 0.6 is 22.6 Å². The summed E-state index contributed by atoms with van der Waals surface area (Å²) >= 11 is 2.13. The number of nitrogens with one attached hydrogen (secondary N) is 3. The number of nitrogens with zero attached hydrogens (tertiary/aromatic N) is 2. The molecule has 1 aliphatic rings. The lowest BCUT2D eigenvalue weighted by atomic mass is 9.95. The van der Waals surface area contributed by atoms with Crippen molar-refractivity contribution in [3.63, 3.8) is 0 Å². The lowest BCUT2D eigenvalue weighted by molar-refractivity contribution is -0.136. The molecule has 0 unspecified atom stereocenters. The van der Waals surface area contributed by atoms with Crippen molar-refractivity contribution in [3.05, 3.63) is 91.7 Å². The van der Waals surface area contributed by atoms with E-state index in [0.717, 1.165) is 9.13 Å². The fourth-order valence-corrected chi connectivity index (χ4v) is 5.46. The van der Waals surface area contributed by atoms with Crippen molar-refractivity contribution >= 4 is 40.8 Å². The van der Waals surface area contributed by atoms with Crippen LogP contribution in [0.1, 0.15) is 42.1 Å². The number of amides is 2. The Kier molecular flexibility index (Phi) is 12.3. The number of halogens is 1. The summed E-state index contributed by atoms with van der Waals surface area (Å²) in [5.41, 5.74) is 5.83. The number of urea groups is 1. The molecule has 0 bridgehead atoms.